The highest BCUT2D eigenvalue weighted by atomic mass is 16.5. The minimum atomic E-state index is -0.0619. The summed E-state index contributed by atoms with van der Waals surface area (Å²) in [5.41, 5.74) is 0. The molecule has 1 aliphatic rings. The Hall–Kier alpha value is -1.40. The van der Waals surface area contributed by atoms with Crippen molar-refractivity contribution in [2.75, 3.05) is 26.3 Å². The summed E-state index contributed by atoms with van der Waals surface area (Å²) in [6.45, 7) is 5.60. The summed E-state index contributed by atoms with van der Waals surface area (Å²) < 4.78 is 7.38. The summed E-state index contributed by atoms with van der Waals surface area (Å²) in [6.07, 6.45) is 6.37. The lowest BCUT2D eigenvalue weighted by Gasteiger charge is -2.17. The number of amides is 1. The van der Waals surface area contributed by atoms with Gasteiger partial charge in [0, 0.05) is 31.5 Å². The topological polar surface area (TPSA) is 68.2 Å². The van der Waals surface area contributed by atoms with Gasteiger partial charge in [-0.1, -0.05) is 6.92 Å². The third-order valence-electron chi connectivity index (χ3n) is 3.34. The van der Waals surface area contributed by atoms with Gasteiger partial charge >= 0.3 is 0 Å². The van der Waals surface area contributed by atoms with Gasteiger partial charge in [0.25, 0.3) is 0 Å². The van der Waals surface area contributed by atoms with Crippen molar-refractivity contribution in [2.45, 2.75) is 25.9 Å². The van der Waals surface area contributed by atoms with Gasteiger partial charge in [0.05, 0.1) is 25.5 Å². The van der Waals surface area contributed by atoms with Crippen molar-refractivity contribution in [2.24, 2.45) is 5.92 Å². The number of rotatable bonds is 7. The fourth-order valence-electron chi connectivity index (χ4n) is 2.30. The summed E-state index contributed by atoms with van der Waals surface area (Å²) in [4.78, 5) is 16.0. The first-order valence-corrected chi connectivity index (χ1v) is 6.86. The van der Waals surface area contributed by atoms with Gasteiger partial charge in [0.2, 0.25) is 5.91 Å². The molecule has 0 spiro atoms. The van der Waals surface area contributed by atoms with Crippen LogP contribution in [0.3, 0.4) is 0 Å². The average Bonchev–Trinajstić information content (AvgIpc) is 3.05. The number of imidazole rings is 1. The molecule has 6 nitrogen and oxygen atoms in total. The molecule has 1 fully saturated rings. The highest BCUT2D eigenvalue weighted by Gasteiger charge is 2.32. The molecule has 2 atom stereocenters. The first kappa shape index (κ1) is 14.0. The second kappa shape index (κ2) is 7.25. The number of aromatic nitrogens is 2. The Morgan fingerprint density at radius 1 is 1.53 bits per heavy atom. The lowest BCUT2D eigenvalue weighted by atomic mass is 10.0. The van der Waals surface area contributed by atoms with Crippen molar-refractivity contribution in [3.8, 4) is 0 Å². The van der Waals surface area contributed by atoms with Gasteiger partial charge in [-0.05, 0) is 13.0 Å². The predicted octanol–water partition coefficient (Wildman–Crippen LogP) is 0.0139. The summed E-state index contributed by atoms with van der Waals surface area (Å²) in [5.74, 6) is 0.0299. The first-order chi connectivity index (χ1) is 9.31. The number of aryl methyl sites for hydroxylation is 1. The standard InChI is InChI=1S/C13H22N4O2/c1-2-15-12-9-19-8-11(12)13(18)16-4-3-6-17-7-5-14-10-17/h5,7,10-12,15H,2-4,6,8-9H2,1H3,(H,16,18). The number of nitrogens with zero attached hydrogens (tertiary/aromatic N) is 2. The van der Waals surface area contributed by atoms with E-state index in [2.05, 4.69) is 15.6 Å². The third-order valence-corrected chi connectivity index (χ3v) is 3.34. The Morgan fingerprint density at radius 3 is 3.16 bits per heavy atom. The largest absolute Gasteiger partial charge is 0.379 e. The van der Waals surface area contributed by atoms with E-state index in [1.54, 1.807) is 12.5 Å². The Balaban J connectivity index is 1.66. The van der Waals surface area contributed by atoms with E-state index in [1.807, 2.05) is 17.7 Å². The van der Waals surface area contributed by atoms with E-state index in [0.717, 1.165) is 19.5 Å². The maximum absolute atomic E-state index is 12.0. The van der Waals surface area contributed by atoms with E-state index in [4.69, 9.17) is 4.74 Å². The van der Waals surface area contributed by atoms with Gasteiger partial charge in [-0.25, -0.2) is 4.98 Å². The lowest BCUT2D eigenvalue weighted by Crippen LogP contribution is -2.44. The quantitative estimate of drug-likeness (QED) is 0.682. The molecule has 2 heterocycles. The number of nitrogens with one attached hydrogen (secondary N) is 2. The van der Waals surface area contributed by atoms with Crippen LogP contribution in [0.4, 0.5) is 0 Å². The van der Waals surface area contributed by atoms with Crippen LogP contribution in [0.1, 0.15) is 13.3 Å². The summed E-state index contributed by atoms with van der Waals surface area (Å²) in [6, 6.07) is 0.152. The molecular formula is C13H22N4O2. The van der Waals surface area contributed by atoms with Gasteiger partial charge in [0.15, 0.2) is 0 Å². The fourth-order valence-corrected chi connectivity index (χ4v) is 2.30. The van der Waals surface area contributed by atoms with Crippen LogP contribution >= 0.6 is 0 Å². The van der Waals surface area contributed by atoms with Crippen molar-refractivity contribution < 1.29 is 9.53 Å². The van der Waals surface area contributed by atoms with Crippen LogP contribution in [0.5, 0.6) is 0 Å². The molecule has 2 N–H and O–H groups in total. The van der Waals surface area contributed by atoms with Gasteiger partial charge in [-0.3, -0.25) is 4.79 Å². The monoisotopic (exact) mass is 266 g/mol. The molecule has 2 unspecified atom stereocenters. The van der Waals surface area contributed by atoms with E-state index >= 15 is 0 Å². The molecule has 1 aromatic rings. The van der Waals surface area contributed by atoms with Crippen LogP contribution in [0, 0.1) is 5.92 Å². The van der Waals surface area contributed by atoms with Crippen molar-refractivity contribution in [1.82, 2.24) is 20.2 Å². The Morgan fingerprint density at radius 2 is 2.42 bits per heavy atom. The fraction of sp³-hybridized carbons (Fsp3) is 0.692. The molecule has 0 saturated carbocycles. The van der Waals surface area contributed by atoms with Gasteiger partial charge in [0.1, 0.15) is 0 Å². The molecule has 0 radical (unpaired) electrons. The van der Waals surface area contributed by atoms with Crippen molar-refractivity contribution in [3.63, 3.8) is 0 Å². The van der Waals surface area contributed by atoms with Crippen LogP contribution in [0.15, 0.2) is 18.7 Å². The van der Waals surface area contributed by atoms with E-state index < -0.39 is 0 Å². The molecule has 6 heteroatoms. The van der Waals surface area contributed by atoms with Crippen LogP contribution in [-0.2, 0) is 16.1 Å². The van der Waals surface area contributed by atoms with E-state index in [0.29, 0.717) is 19.8 Å². The number of carbonyl (C=O) groups is 1. The minimum absolute atomic E-state index is 0.0619. The summed E-state index contributed by atoms with van der Waals surface area (Å²) in [5, 5.41) is 6.27. The van der Waals surface area contributed by atoms with Gasteiger partial charge in [-0.2, -0.15) is 0 Å². The third kappa shape index (κ3) is 4.04. The summed E-state index contributed by atoms with van der Waals surface area (Å²) >= 11 is 0. The van der Waals surface area contributed by atoms with Crippen LogP contribution in [0.2, 0.25) is 0 Å². The number of likely N-dealkylation sites (N-methyl/N-ethyl adjacent to an activating group) is 1. The molecule has 1 aliphatic heterocycles. The summed E-state index contributed by atoms with van der Waals surface area (Å²) in [7, 11) is 0. The van der Waals surface area contributed by atoms with Gasteiger partial charge < -0.3 is 19.9 Å². The number of hydrogen-bond acceptors (Lipinski definition) is 4. The maximum Gasteiger partial charge on any atom is 0.227 e. The van der Waals surface area contributed by atoms with Crippen molar-refractivity contribution >= 4 is 5.91 Å². The predicted molar refractivity (Wildman–Crippen MR) is 71.6 cm³/mol. The Bertz CT molecular complexity index is 380. The smallest absolute Gasteiger partial charge is 0.227 e. The molecule has 0 bridgehead atoms. The molecule has 2 rings (SSSR count). The van der Waals surface area contributed by atoms with Crippen molar-refractivity contribution in [1.29, 1.82) is 0 Å². The van der Waals surface area contributed by atoms with E-state index in [-0.39, 0.29) is 17.9 Å². The molecular weight excluding hydrogens is 244 g/mol. The normalized spacial score (nSPS) is 22.6. The lowest BCUT2D eigenvalue weighted by molar-refractivity contribution is -0.125. The zero-order valence-electron chi connectivity index (χ0n) is 11.3. The number of carbonyl (C=O) groups excluding carboxylic acids is 1. The zero-order valence-corrected chi connectivity index (χ0v) is 11.3. The molecule has 106 valence electrons. The number of hydrogen-bond donors (Lipinski definition) is 2. The van der Waals surface area contributed by atoms with E-state index in [9.17, 15) is 4.79 Å². The second-order valence-corrected chi connectivity index (χ2v) is 4.75. The minimum Gasteiger partial charge on any atom is -0.379 e. The maximum atomic E-state index is 12.0. The molecule has 0 aliphatic carbocycles. The highest BCUT2D eigenvalue weighted by Crippen LogP contribution is 2.13. The molecule has 1 amide bonds. The van der Waals surface area contributed by atoms with Crippen LogP contribution in [-0.4, -0.2) is 47.8 Å². The SMILES string of the molecule is CCNC1COCC1C(=O)NCCCn1ccnc1. The van der Waals surface area contributed by atoms with Crippen molar-refractivity contribution in [3.05, 3.63) is 18.7 Å². The average molecular weight is 266 g/mol. The highest BCUT2D eigenvalue weighted by molar-refractivity contribution is 5.79. The molecule has 1 saturated heterocycles. The Kier molecular flexibility index (Phi) is 5.35. The Labute approximate surface area is 113 Å². The first-order valence-electron chi connectivity index (χ1n) is 6.86. The molecule has 19 heavy (non-hydrogen) atoms. The van der Waals surface area contributed by atoms with Crippen LogP contribution < -0.4 is 10.6 Å². The molecule has 1 aromatic heterocycles. The zero-order chi connectivity index (χ0) is 13.5. The van der Waals surface area contributed by atoms with Gasteiger partial charge in [-0.15, -0.1) is 0 Å². The van der Waals surface area contributed by atoms with E-state index in [1.165, 1.54) is 0 Å². The second-order valence-electron chi connectivity index (χ2n) is 4.75. The van der Waals surface area contributed by atoms with Crippen LogP contribution in [0.25, 0.3) is 0 Å². The molecule has 0 aromatic carbocycles. The number of ether oxygens (including phenoxy) is 1.